The summed E-state index contributed by atoms with van der Waals surface area (Å²) < 4.78 is 10.9. The molecule has 7 heteroatoms. The Bertz CT molecular complexity index is 650. The highest BCUT2D eigenvalue weighted by Crippen LogP contribution is 2.38. The molecule has 0 radical (unpaired) electrons. The topological polar surface area (TPSA) is 71.1 Å². The Morgan fingerprint density at radius 1 is 1.22 bits per heavy atom. The van der Waals surface area contributed by atoms with Crippen LogP contribution in [0.1, 0.15) is 38.3 Å². The lowest BCUT2D eigenvalue weighted by atomic mass is 10.0. The predicted molar refractivity (Wildman–Crippen MR) is 104 cm³/mol. The largest absolute Gasteiger partial charge is 0.497 e. The number of nitrogens with zero attached hydrogens (tertiary/aromatic N) is 2. The Morgan fingerprint density at radius 2 is 2.00 bits per heavy atom. The second-order valence-corrected chi connectivity index (χ2v) is 6.61. The third-order valence-electron chi connectivity index (χ3n) is 4.92. The number of likely N-dealkylation sites (tertiary alicyclic amines) is 1. The number of likely N-dealkylation sites (N-methyl/N-ethyl adjacent to an activating group) is 2. The summed E-state index contributed by atoms with van der Waals surface area (Å²) in [6, 6.07) is 5.64. The van der Waals surface area contributed by atoms with Gasteiger partial charge in [0.05, 0.1) is 33.4 Å². The standard InChI is InChI=1S/C20H31N3O4/c1-5-21-19(24)13-22(6-2)14-20(25)23-11-7-8-17(23)16-12-15(26-3)9-10-18(16)27-4/h9-10,12,17H,5-8,11,13-14H2,1-4H3,(H,21,24)/t17-/m1/s1. The molecule has 0 aliphatic carbocycles. The molecule has 2 amide bonds. The van der Waals surface area contributed by atoms with Crippen LogP contribution >= 0.6 is 0 Å². The van der Waals surface area contributed by atoms with E-state index in [0.29, 0.717) is 19.6 Å². The lowest BCUT2D eigenvalue weighted by Gasteiger charge is -2.29. The molecule has 27 heavy (non-hydrogen) atoms. The van der Waals surface area contributed by atoms with Crippen LogP contribution in [0, 0.1) is 0 Å². The first kappa shape index (κ1) is 21.0. The number of carbonyl (C=O) groups excluding carboxylic acids is 2. The quantitative estimate of drug-likeness (QED) is 0.711. The van der Waals surface area contributed by atoms with Crippen molar-refractivity contribution < 1.29 is 19.1 Å². The molecule has 1 fully saturated rings. The second kappa shape index (κ2) is 10.2. The van der Waals surface area contributed by atoms with Gasteiger partial charge < -0.3 is 19.7 Å². The Kier molecular flexibility index (Phi) is 7.91. The number of ether oxygens (including phenoxy) is 2. The van der Waals surface area contributed by atoms with E-state index in [9.17, 15) is 9.59 Å². The van der Waals surface area contributed by atoms with E-state index in [1.807, 2.05) is 41.8 Å². The van der Waals surface area contributed by atoms with E-state index in [1.165, 1.54) is 0 Å². The summed E-state index contributed by atoms with van der Waals surface area (Å²) in [7, 11) is 3.27. The summed E-state index contributed by atoms with van der Waals surface area (Å²) in [5.74, 6) is 1.49. The first-order valence-electron chi connectivity index (χ1n) is 9.54. The molecule has 0 aromatic heterocycles. The van der Waals surface area contributed by atoms with Crippen molar-refractivity contribution in [1.82, 2.24) is 15.1 Å². The molecular weight excluding hydrogens is 346 g/mol. The van der Waals surface area contributed by atoms with Crippen molar-refractivity contribution in [2.24, 2.45) is 0 Å². The van der Waals surface area contributed by atoms with Gasteiger partial charge in [-0.15, -0.1) is 0 Å². The maximum absolute atomic E-state index is 13.0. The number of benzene rings is 1. The number of hydrogen-bond acceptors (Lipinski definition) is 5. The fraction of sp³-hybridized carbons (Fsp3) is 0.600. The van der Waals surface area contributed by atoms with Gasteiger partial charge in [0.25, 0.3) is 0 Å². The lowest BCUT2D eigenvalue weighted by molar-refractivity contribution is -0.134. The highest BCUT2D eigenvalue weighted by Gasteiger charge is 2.32. The van der Waals surface area contributed by atoms with Crippen molar-refractivity contribution in [2.75, 3.05) is 46.9 Å². The van der Waals surface area contributed by atoms with Gasteiger partial charge in [-0.25, -0.2) is 0 Å². The Morgan fingerprint density at radius 3 is 2.63 bits per heavy atom. The van der Waals surface area contributed by atoms with Crippen molar-refractivity contribution in [3.05, 3.63) is 23.8 Å². The van der Waals surface area contributed by atoms with E-state index < -0.39 is 0 Å². The van der Waals surface area contributed by atoms with Gasteiger partial charge in [0, 0.05) is 18.7 Å². The molecule has 150 valence electrons. The average Bonchev–Trinajstić information content (AvgIpc) is 3.16. The predicted octanol–water partition coefficient (Wildman–Crippen LogP) is 1.83. The van der Waals surface area contributed by atoms with E-state index in [0.717, 1.165) is 29.9 Å². The highest BCUT2D eigenvalue weighted by atomic mass is 16.5. The molecule has 1 heterocycles. The van der Waals surface area contributed by atoms with Gasteiger partial charge in [-0.3, -0.25) is 14.5 Å². The van der Waals surface area contributed by atoms with Crippen LogP contribution in [-0.4, -0.2) is 68.6 Å². The monoisotopic (exact) mass is 377 g/mol. The van der Waals surface area contributed by atoms with Gasteiger partial charge in [-0.2, -0.15) is 0 Å². The Hall–Kier alpha value is -2.28. The molecule has 0 saturated carbocycles. The van der Waals surface area contributed by atoms with Crippen LogP contribution in [0.5, 0.6) is 11.5 Å². The smallest absolute Gasteiger partial charge is 0.237 e. The maximum Gasteiger partial charge on any atom is 0.237 e. The van der Waals surface area contributed by atoms with E-state index >= 15 is 0 Å². The number of carbonyl (C=O) groups is 2. The zero-order chi connectivity index (χ0) is 19.8. The number of rotatable bonds is 9. The third-order valence-corrected chi connectivity index (χ3v) is 4.92. The Labute approximate surface area is 161 Å². The minimum Gasteiger partial charge on any atom is -0.497 e. The number of amides is 2. The lowest BCUT2D eigenvalue weighted by Crippen LogP contribution is -2.44. The zero-order valence-corrected chi connectivity index (χ0v) is 16.8. The van der Waals surface area contributed by atoms with Crippen LogP contribution in [0.2, 0.25) is 0 Å². The summed E-state index contributed by atoms with van der Waals surface area (Å²) in [4.78, 5) is 28.6. The van der Waals surface area contributed by atoms with Gasteiger partial charge in [0.1, 0.15) is 11.5 Å². The van der Waals surface area contributed by atoms with Crippen LogP contribution in [0.15, 0.2) is 18.2 Å². The third kappa shape index (κ3) is 5.35. The molecule has 1 aromatic rings. The summed E-state index contributed by atoms with van der Waals surface area (Å²) in [6.07, 6.45) is 1.83. The Balaban J connectivity index is 2.13. The summed E-state index contributed by atoms with van der Waals surface area (Å²) in [6.45, 7) is 6.25. The molecule has 1 aromatic carbocycles. The SMILES string of the molecule is CCNC(=O)CN(CC)CC(=O)N1CCC[C@@H]1c1cc(OC)ccc1OC. The first-order valence-corrected chi connectivity index (χ1v) is 9.54. The van der Waals surface area contributed by atoms with E-state index in [-0.39, 0.29) is 30.9 Å². The first-order chi connectivity index (χ1) is 13.0. The molecule has 0 spiro atoms. The van der Waals surface area contributed by atoms with Crippen LogP contribution in [0.4, 0.5) is 0 Å². The molecule has 1 aliphatic rings. The second-order valence-electron chi connectivity index (χ2n) is 6.61. The molecule has 7 nitrogen and oxygen atoms in total. The van der Waals surface area contributed by atoms with Gasteiger partial charge in [-0.05, 0) is 44.5 Å². The maximum atomic E-state index is 13.0. The average molecular weight is 377 g/mol. The van der Waals surface area contributed by atoms with E-state index in [4.69, 9.17) is 9.47 Å². The summed E-state index contributed by atoms with van der Waals surface area (Å²) in [5.41, 5.74) is 0.967. The highest BCUT2D eigenvalue weighted by molar-refractivity contribution is 5.81. The van der Waals surface area contributed by atoms with Crippen molar-refractivity contribution in [2.45, 2.75) is 32.7 Å². The number of methoxy groups -OCH3 is 2. The van der Waals surface area contributed by atoms with Crippen molar-refractivity contribution in [3.63, 3.8) is 0 Å². The zero-order valence-electron chi connectivity index (χ0n) is 16.8. The fourth-order valence-corrected chi connectivity index (χ4v) is 3.51. The van der Waals surface area contributed by atoms with Gasteiger partial charge in [-0.1, -0.05) is 6.92 Å². The van der Waals surface area contributed by atoms with E-state index in [1.54, 1.807) is 14.2 Å². The molecule has 1 saturated heterocycles. The van der Waals surface area contributed by atoms with E-state index in [2.05, 4.69) is 5.32 Å². The van der Waals surface area contributed by atoms with Crippen LogP contribution < -0.4 is 14.8 Å². The molecule has 1 N–H and O–H groups in total. The van der Waals surface area contributed by atoms with Gasteiger partial charge in [0.15, 0.2) is 0 Å². The van der Waals surface area contributed by atoms with Gasteiger partial charge in [0.2, 0.25) is 11.8 Å². The summed E-state index contributed by atoms with van der Waals surface area (Å²) >= 11 is 0. The van der Waals surface area contributed by atoms with Crippen LogP contribution in [-0.2, 0) is 9.59 Å². The molecule has 1 atom stereocenters. The van der Waals surface area contributed by atoms with Crippen LogP contribution in [0.25, 0.3) is 0 Å². The minimum atomic E-state index is -0.0559. The molecule has 0 unspecified atom stereocenters. The number of nitrogens with one attached hydrogen (secondary N) is 1. The molecular formula is C20H31N3O4. The molecule has 2 rings (SSSR count). The van der Waals surface area contributed by atoms with Crippen LogP contribution in [0.3, 0.4) is 0 Å². The van der Waals surface area contributed by atoms with Crippen molar-refractivity contribution in [3.8, 4) is 11.5 Å². The normalized spacial score (nSPS) is 16.5. The molecule has 0 bridgehead atoms. The minimum absolute atomic E-state index is 0.0357. The fourth-order valence-electron chi connectivity index (χ4n) is 3.51. The number of hydrogen-bond donors (Lipinski definition) is 1. The van der Waals surface area contributed by atoms with Crippen molar-refractivity contribution in [1.29, 1.82) is 0 Å². The molecule has 1 aliphatic heterocycles. The van der Waals surface area contributed by atoms with Gasteiger partial charge >= 0.3 is 0 Å². The van der Waals surface area contributed by atoms with Crippen molar-refractivity contribution >= 4 is 11.8 Å². The summed E-state index contributed by atoms with van der Waals surface area (Å²) in [5, 5.41) is 2.78.